The molecule has 1 atom stereocenters. The van der Waals surface area contributed by atoms with Gasteiger partial charge in [0.15, 0.2) is 5.76 Å². The number of rotatable bonds is 0. The predicted octanol–water partition coefficient (Wildman–Crippen LogP) is 2.28. The SMILES string of the molecule is CC1(Br)C=C(O)C(=O)/C=C\C=C/1. The highest BCUT2D eigenvalue weighted by atomic mass is 79.9. The Balaban J connectivity index is 3.08. The van der Waals surface area contributed by atoms with E-state index in [0.717, 1.165) is 0 Å². The van der Waals surface area contributed by atoms with E-state index in [9.17, 15) is 9.90 Å². The van der Waals surface area contributed by atoms with Crippen molar-refractivity contribution in [2.75, 3.05) is 0 Å². The summed E-state index contributed by atoms with van der Waals surface area (Å²) in [5.41, 5.74) is 0. The fourth-order valence-corrected chi connectivity index (χ4v) is 1.23. The van der Waals surface area contributed by atoms with E-state index in [-0.39, 0.29) is 11.5 Å². The molecule has 12 heavy (non-hydrogen) atoms. The lowest BCUT2D eigenvalue weighted by Crippen LogP contribution is -2.12. The van der Waals surface area contributed by atoms with Crippen molar-refractivity contribution in [3.63, 3.8) is 0 Å². The predicted molar refractivity (Wildman–Crippen MR) is 51.3 cm³/mol. The minimum absolute atomic E-state index is 0.227. The zero-order valence-corrected chi connectivity index (χ0v) is 8.21. The van der Waals surface area contributed by atoms with Crippen molar-refractivity contribution < 1.29 is 9.90 Å². The van der Waals surface area contributed by atoms with Crippen molar-refractivity contribution in [3.05, 3.63) is 36.1 Å². The third kappa shape index (κ3) is 2.34. The van der Waals surface area contributed by atoms with Gasteiger partial charge < -0.3 is 5.11 Å². The molecule has 0 aromatic carbocycles. The molecule has 0 aromatic rings. The molecule has 1 aliphatic carbocycles. The van der Waals surface area contributed by atoms with Gasteiger partial charge in [0.05, 0.1) is 4.32 Å². The third-order valence-corrected chi connectivity index (χ3v) is 1.95. The van der Waals surface area contributed by atoms with Crippen molar-refractivity contribution >= 4 is 21.7 Å². The third-order valence-electron chi connectivity index (χ3n) is 1.45. The molecule has 3 heteroatoms. The van der Waals surface area contributed by atoms with Crippen molar-refractivity contribution in [1.82, 2.24) is 0 Å². The van der Waals surface area contributed by atoms with Crippen molar-refractivity contribution in [1.29, 1.82) is 0 Å². The van der Waals surface area contributed by atoms with E-state index in [0.29, 0.717) is 0 Å². The Bertz CT molecular complexity index is 285. The number of ketones is 1. The maximum atomic E-state index is 11.0. The van der Waals surface area contributed by atoms with Gasteiger partial charge in [-0.05, 0) is 19.1 Å². The number of carbonyl (C=O) groups is 1. The molecular formula is C9H9BrO2. The molecule has 0 heterocycles. The lowest BCUT2D eigenvalue weighted by atomic mass is 10.1. The zero-order chi connectivity index (χ0) is 9.19. The molecule has 0 bridgehead atoms. The molecule has 1 N–H and O–H groups in total. The molecule has 0 amide bonds. The highest BCUT2D eigenvalue weighted by molar-refractivity contribution is 9.10. The summed E-state index contributed by atoms with van der Waals surface area (Å²) in [6.45, 7) is 1.84. The van der Waals surface area contributed by atoms with E-state index in [4.69, 9.17) is 0 Å². The number of aliphatic hydroxyl groups is 1. The first-order valence-corrected chi connectivity index (χ1v) is 4.31. The van der Waals surface area contributed by atoms with E-state index in [1.54, 1.807) is 12.2 Å². The molecule has 0 saturated heterocycles. The summed E-state index contributed by atoms with van der Waals surface area (Å²) in [7, 11) is 0. The van der Waals surface area contributed by atoms with Crippen LogP contribution in [0.2, 0.25) is 0 Å². The van der Waals surface area contributed by atoms with Gasteiger partial charge in [0, 0.05) is 0 Å². The van der Waals surface area contributed by atoms with Gasteiger partial charge in [-0.2, -0.15) is 0 Å². The first-order chi connectivity index (χ1) is 5.51. The lowest BCUT2D eigenvalue weighted by Gasteiger charge is -2.13. The van der Waals surface area contributed by atoms with E-state index in [1.807, 2.05) is 13.0 Å². The van der Waals surface area contributed by atoms with Crippen LogP contribution < -0.4 is 0 Å². The molecule has 0 fully saturated rings. The number of halogens is 1. The van der Waals surface area contributed by atoms with Gasteiger partial charge in [-0.1, -0.05) is 34.2 Å². The maximum absolute atomic E-state index is 11.0. The minimum Gasteiger partial charge on any atom is -0.504 e. The van der Waals surface area contributed by atoms with Gasteiger partial charge in [-0.15, -0.1) is 0 Å². The van der Waals surface area contributed by atoms with Crippen LogP contribution in [0.4, 0.5) is 0 Å². The quantitative estimate of drug-likeness (QED) is 0.647. The fraction of sp³-hybridized carbons (Fsp3) is 0.222. The van der Waals surface area contributed by atoms with Gasteiger partial charge in [-0.25, -0.2) is 0 Å². The number of carbonyl (C=O) groups excluding carboxylic acids is 1. The first-order valence-electron chi connectivity index (χ1n) is 3.52. The summed E-state index contributed by atoms with van der Waals surface area (Å²) in [6.07, 6.45) is 7.99. The molecular weight excluding hydrogens is 220 g/mol. The van der Waals surface area contributed by atoms with E-state index < -0.39 is 4.32 Å². The molecule has 0 radical (unpaired) electrons. The van der Waals surface area contributed by atoms with Crippen LogP contribution in [0, 0.1) is 0 Å². The molecule has 0 aromatic heterocycles. The Labute approximate surface area is 79.4 Å². The normalized spacial score (nSPS) is 34.8. The Hall–Kier alpha value is -0.830. The van der Waals surface area contributed by atoms with Crippen LogP contribution in [0.25, 0.3) is 0 Å². The Morgan fingerprint density at radius 3 is 2.83 bits per heavy atom. The second-order valence-corrected chi connectivity index (χ2v) is 4.47. The van der Waals surface area contributed by atoms with Crippen molar-refractivity contribution in [2.24, 2.45) is 0 Å². The van der Waals surface area contributed by atoms with Gasteiger partial charge in [0.2, 0.25) is 5.78 Å². The number of hydrogen-bond donors (Lipinski definition) is 1. The fourth-order valence-electron chi connectivity index (χ4n) is 0.859. The monoisotopic (exact) mass is 228 g/mol. The molecule has 2 nitrogen and oxygen atoms in total. The molecule has 1 rings (SSSR count). The summed E-state index contributed by atoms with van der Waals surface area (Å²) in [5.74, 6) is -0.597. The van der Waals surface area contributed by atoms with E-state index in [2.05, 4.69) is 15.9 Å². The molecule has 64 valence electrons. The van der Waals surface area contributed by atoms with Crippen molar-refractivity contribution in [3.8, 4) is 0 Å². The maximum Gasteiger partial charge on any atom is 0.219 e. The van der Waals surface area contributed by atoms with Gasteiger partial charge in [0.25, 0.3) is 0 Å². The van der Waals surface area contributed by atoms with E-state index in [1.165, 1.54) is 12.2 Å². The van der Waals surface area contributed by atoms with Crippen molar-refractivity contribution in [2.45, 2.75) is 11.2 Å². The van der Waals surface area contributed by atoms with Crippen LogP contribution in [0.5, 0.6) is 0 Å². The highest BCUT2D eigenvalue weighted by Gasteiger charge is 2.17. The molecule has 1 aliphatic rings. The standard InChI is InChI=1S/C9H9BrO2/c1-9(10)5-3-2-4-7(11)8(12)6-9/h2-6,12H,1H3/b4-2-,5-3-,8-6?. The molecule has 0 aliphatic heterocycles. The smallest absolute Gasteiger partial charge is 0.219 e. The molecule has 0 spiro atoms. The number of alkyl halides is 1. The Morgan fingerprint density at radius 1 is 1.50 bits per heavy atom. The van der Waals surface area contributed by atoms with Crippen LogP contribution in [0.1, 0.15) is 6.92 Å². The topological polar surface area (TPSA) is 37.3 Å². The minimum atomic E-state index is -0.447. The van der Waals surface area contributed by atoms with Crippen LogP contribution >= 0.6 is 15.9 Å². The average molecular weight is 229 g/mol. The van der Waals surface area contributed by atoms with Gasteiger partial charge in [0.1, 0.15) is 0 Å². The second kappa shape index (κ2) is 3.27. The van der Waals surface area contributed by atoms with E-state index >= 15 is 0 Å². The zero-order valence-electron chi connectivity index (χ0n) is 6.62. The lowest BCUT2D eigenvalue weighted by molar-refractivity contribution is -0.113. The summed E-state index contributed by atoms with van der Waals surface area (Å²) < 4.78 is -0.447. The number of allylic oxidation sites excluding steroid dienone is 5. The number of hydrogen-bond acceptors (Lipinski definition) is 2. The Kier molecular flexibility index (Phi) is 2.52. The Morgan fingerprint density at radius 2 is 2.17 bits per heavy atom. The molecule has 1 unspecified atom stereocenters. The first kappa shape index (κ1) is 9.26. The second-order valence-electron chi connectivity index (χ2n) is 2.76. The van der Waals surface area contributed by atoms with Gasteiger partial charge in [-0.3, -0.25) is 4.79 Å². The summed E-state index contributed by atoms with van der Waals surface area (Å²) >= 11 is 3.34. The van der Waals surface area contributed by atoms with Crippen LogP contribution in [-0.2, 0) is 4.79 Å². The largest absolute Gasteiger partial charge is 0.504 e. The van der Waals surface area contributed by atoms with Crippen LogP contribution in [0.3, 0.4) is 0 Å². The summed E-state index contributed by atoms with van der Waals surface area (Å²) in [5, 5.41) is 9.21. The van der Waals surface area contributed by atoms with Gasteiger partial charge >= 0.3 is 0 Å². The highest BCUT2D eigenvalue weighted by Crippen LogP contribution is 2.23. The number of aliphatic hydroxyl groups excluding tert-OH is 1. The van der Waals surface area contributed by atoms with Crippen LogP contribution in [0.15, 0.2) is 36.1 Å². The summed E-state index contributed by atoms with van der Waals surface area (Å²) in [6, 6.07) is 0. The average Bonchev–Trinajstić information content (AvgIpc) is 1.95. The molecule has 0 saturated carbocycles. The summed E-state index contributed by atoms with van der Waals surface area (Å²) in [4.78, 5) is 11.0. The van der Waals surface area contributed by atoms with Crippen LogP contribution in [-0.4, -0.2) is 15.2 Å².